The lowest BCUT2D eigenvalue weighted by atomic mass is 10.1. The molecule has 0 unspecified atom stereocenters. The van der Waals surface area contributed by atoms with E-state index in [0.717, 1.165) is 38.9 Å². The molecule has 0 saturated carbocycles. The molecule has 25 heavy (non-hydrogen) atoms. The maximum Gasteiger partial charge on any atom is 0.113 e. The van der Waals surface area contributed by atoms with Crippen LogP contribution in [-0.4, -0.2) is 29.9 Å². The Hall–Kier alpha value is -3.25. The quantitative estimate of drug-likeness (QED) is 0.524. The molecule has 0 atom stereocenters. The minimum absolute atomic E-state index is 0.653. The lowest BCUT2D eigenvalue weighted by molar-refractivity contribution is 0.959. The Morgan fingerprint density at radius 3 is 2.72 bits per heavy atom. The standard InChI is InChI=1S/C18H11ClN6/c19-12-2-3-13-16(8-12)21-15(9-18(13)25-6-5-20-10-25)11-1-4-14-17(7-11)23-24-22-14/h1-10H,(H,22,23,24). The van der Waals surface area contributed by atoms with Crippen molar-refractivity contribution in [3.63, 3.8) is 0 Å². The van der Waals surface area contributed by atoms with Crippen molar-refractivity contribution in [3.8, 4) is 16.9 Å². The van der Waals surface area contributed by atoms with Crippen LogP contribution in [0, 0.1) is 0 Å². The van der Waals surface area contributed by atoms with Gasteiger partial charge in [-0.2, -0.15) is 15.4 Å². The number of H-pyrrole nitrogens is 1. The largest absolute Gasteiger partial charge is 0.306 e. The summed E-state index contributed by atoms with van der Waals surface area (Å²) in [6.45, 7) is 0. The summed E-state index contributed by atoms with van der Waals surface area (Å²) in [6, 6.07) is 13.6. The molecule has 0 aliphatic rings. The summed E-state index contributed by atoms with van der Waals surface area (Å²) in [5, 5.41) is 12.5. The number of fused-ring (bicyclic) bond motifs is 2. The Bertz CT molecular complexity index is 1210. The number of benzene rings is 2. The Balaban J connectivity index is 1.80. The highest BCUT2D eigenvalue weighted by Gasteiger charge is 2.11. The van der Waals surface area contributed by atoms with E-state index >= 15 is 0 Å². The number of aromatic amines is 1. The molecule has 0 amide bonds. The number of pyridine rings is 1. The monoisotopic (exact) mass is 346 g/mol. The third-order valence-corrected chi connectivity index (χ3v) is 4.38. The average Bonchev–Trinajstić information content (AvgIpc) is 3.31. The van der Waals surface area contributed by atoms with Crippen LogP contribution >= 0.6 is 11.6 Å². The van der Waals surface area contributed by atoms with Crippen LogP contribution in [0.3, 0.4) is 0 Å². The fraction of sp³-hybridized carbons (Fsp3) is 0. The molecule has 0 bridgehead atoms. The van der Waals surface area contributed by atoms with Crippen molar-refractivity contribution in [2.45, 2.75) is 0 Å². The minimum atomic E-state index is 0.653. The van der Waals surface area contributed by atoms with Crippen LogP contribution < -0.4 is 0 Å². The first-order chi connectivity index (χ1) is 12.3. The van der Waals surface area contributed by atoms with E-state index in [1.54, 1.807) is 12.5 Å². The van der Waals surface area contributed by atoms with Crippen molar-refractivity contribution in [1.82, 2.24) is 29.9 Å². The van der Waals surface area contributed by atoms with Gasteiger partial charge < -0.3 is 4.57 Å². The summed E-state index contributed by atoms with van der Waals surface area (Å²) >= 11 is 6.18. The van der Waals surface area contributed by atoms with Gasteiger partial charge in [0.15, 0.2) is 0 Å². The van der Waals surface area contributed by atoms with Gasteiger partial charge in [-0.3, -0.25) is 0 Å². The van der Waals surface area contributed by atoms with Crippen molar-refractivity contribution < 1.29 is 0 Å². The first kappa shape index (κ1) is 14.1. The molecule has 0 saturated heterocycles. The summed E-state index contributed by atoms with van der Waals surface area (Å²) in [5.74, 6) is 0. The second-order valence-corrected chi connectivity index (χ2v) is 6.12. The van der Waals surface area contributed by atoms with Gasteiger partial charge in [-0.05, 0) is 36.4 Å². The number of rotatable bonds is 2. The molecule has 0 aliphatic carbocycles. The zero-order valence-corrected chi connectivity index (χ0v) is 13.6. The second kappa shape index (κ2) is 5.39. The van der Waals surface area contributed by atoms with E-state index in [9.17, 15) is 0 Å². The highest BCUT2D eigenvalue weighted by molar-refractivity contribution is 6.31. The van der Waals surface area contributed by atoms with Crippen molar-refractivity contribution in [1.29, 1.82) is 0 Å². The number of hydrogen-bond acceptors (Lipinski definition) is 4. The molecule has 3 aromatic heterocycles. The Morgan fingerprint density at radius 2 is 1.84 bits per heavy atom. The second-order valence-electron chi connectivity index (χ2n) is 5.69. The molecule has 1 N–H and O–H groups in total. The highest BCUT2D eigenvalue weighted by Crippen LogP contribution is 2.30. The molecule has 5 rings (SSSR count). The maximum absolute atomic E-state index is 6.18. The third kappa shape index (κ3) is 2.35. The van der Waals surface area contributed by atoms with Crippen LogP contribution in [0.15, 0.2) is 61.2 Å². The van der Waals surface area contributed by atoms with Gasteiger partial charge in [0.1, 0.15) is 11.0 Å². The van der Waals surface area contributed by atoms with Gasteiger partial charge in [0.2, 0.25) is 0 Å². The van der Waals surface area contributed by atoms with Gasteiger partial charge in [0, 0.05) is 28.4 Å². The normalized spacial score (nSPS) is 11.4. The Kier molecular flexibility index (Phi) is 3.05. The van der Waals surface area contributed by atoms with Crippen molar-refractivity contribution >= 4 is 33.5 Å². The summed E-state index contributed by atoms with van der Waals surface area (Å²) < 4.78 is 1.97. The molecule has 5 aromatic rings. The summed E-state index contributed by atoms with van der Waals surface area (Å²) in [4.78, 5) is 8.94. The molecule has 2 aromatic carbocycles. The zero-order valence-electron chi connectivity index (χ0n) is 12.9. The van der Waals surface area contributed by atoms with Crippen LogP contribution in [0.25, 0.3) is 38.9 Å². The fourth-order valence-corrected chi connectivity index (χ4v) is 3.11. The van der Waals surface area contributed by atoms with Crippen LogP contribution in [0.1, 0.15) is 0 Å². The Labute approximate surface area is 147 Å². The van der Waals surface area contributed by atoms with Gasteiger partial charge in [0.25, 0.3) is 0 Å². The molecule has 3 heterocycles. The summed E-state index contributed by atoms with van der Waals surface area (Å²) in [7, 11) is 0. The molecular formula is C18H11ClN6. The molecule has 0 fully saturated rings. The van der Waals surface area contributed by atoms with Crippen LogP contribution in [0.5, 0.6) is 0 Å². The number of hydrogen-bond donors (Lipinski definition) is 1. The first-order valence-electron chi connectivity index (χ1n) is 7.67. The van der Waals surface area contributed by atoms with Gasteiger partial charge in [0.05, 0.1) is 23.2 Å². The van der Waals surface area contributed by atoms with Gasteiger partial charge in [-0.15, -0.1) is 0 Å². The van der Waals surface area contributed by atoms with Crippen LogP contribution in [-0.2, 0) is 0 Å². The number of halogens is 1. The van der Waals surface area contributed by atoms with E-state index in [1.165, 1.54) is 0 Å². The van der Waals surface area contributed by atoms with E-state index in [1.807, 2.05) is 53.2 Å². The molecule has 0 spiro atoms. The number of imidazole rings is 1. The third-order valence-electron chi connectivity index (χ3n) is 4.14. The lowest BCUT2D eigenvalue weighted by Crippen LogP contribution is -1.96. The molecular weight excluding hydrogens is 336 g/mol. The summed E-state index contributed by atoms with van der Waals surface area (Å²) in [6.07, 6.45) is 5.44. The number of nitrogens with zero attached hydrogens (tertiary/aromatic N) is 5. The number of aromatic nitrogens is 6. The molecule has 6 nitrogen and oxygen atoms in total. The van der Waals surface area contributed by atoms with E-state index in [4.69, 9.17) is 16.6 Å². The smallest absolute Gasteiger partial charge is 0.113 e. The highest BCUT2D eigenvalue weighted by atomic mass is 35.5. The van der Waals surface area contributed by atoms with Crippen molar-refractivity contribution in [2.24, 2.45) is 0 Å². The Morgan fingerprint density at radius 1 is 0.920 bits per heavy atom. The van der Waals surface area contributed by atoms with Gasteiger partial charge in [-0.25, -0.2) is 9.97 Å². The fourth-order valence-electron chi connectivity index (χ4n) is 2.95. The van der Waals surface area contributed by atoms with Crippen molar-refractivity contribution in [3.05, 3.63) is 66.2 Å². The lowest BCUT2D eigenvalue weighted by Gasteiger charge is -2.11. The van der Waals surface area contributed by atoms with Crippen LogP contribution in [0.2, 0.25) is 5.02 Å². The average molecular weight is 347 g/mol. The van der Waals surface area contributed by atoms with Crippen LogP contribution in [0.4, 0.5) is 0 Å². The molecule has 120 valence electrons. The van der Waals surface area contributed by atoms with E-state index in [0.29, 0.717) is 5.02 Å². The predicted octanol–water partition coefficient (Wildman–Crippen LogP) is 4.01. The molecule has 0 radical (unpaired) electrons. The van der Waals surface area contributed by atoms with Crippen molar-refractivity contribution in [2.75, 3.05) is 0 Å². The summed E-state index contributed by atoms with van der Waals surface area (Å²) in [5.41, 5.74) is 5.24. The SMILES string of the molecule is Clc1ccc2c(-n3ccnc3)cc(-c3ccc4n[nH]nc4c3)nc2c1. The van der Waals surface area contributed by atoms with Gasteiger partial charge >= 0.3 is 0 Å². The molecule has 7 heteroatoms. The maximum atomic E-state index is 6.18. The predicted molar refractivity (Wildman–Crippen MR) is 96.8 cm³/mol. The first-order valence-corrected chi connectivity index (χ1v) is 8.05. The van der Waals surface area contributed by atoms with E-state index in [-0.39, 0.29) is 0 Å². The van der Waals surface area contributed by atoms with Gasteiger partial charge in [-0.1, -0.05) is 17.7 Å². The van der Waals surface area contributed by atoms with E-state index < -0.39 is 0 Å². The minimum Gasteiger partial charge on any atom is -0.306 e. The van der Waals surface area contributed by atoms with E-state index in [2.05, 4.69) is 20.4 Å². The number of nitrogens with one attached hydrogen (secondary N) is 1. The topological polar surface area (TPSA) is 72.3 Å². The molecule has 0 aliphatic heterocycles. The zero-order chi connectivity index (χ0) is 16.8.